The van der Waals surface area contributed by atoms with Crippen molar-refractivity contribution >= 4 is 11.9 Å². The number of aromatic nitrogens is 2. The largest absolute Gasteiger partial charge is 0.391 e. The van der Waals surface area contributed by atoms with E-state index in [2.05, 4.69) is 25.1 Å². The molecule has 1 saturated heterocycles. The molecule has 2 rings (SSSR count). The number of hydrogen-bond donors (Lipinski definition) is 2. The van der Waals surface area contributed by atoms with E-state index in [1.807, 2.05) is 27.7 Å². The van der Waals surface area contributed by atoms with Gasteiger partial charge in [-0.2, -0.15) is 0 Å². The topological polar surface area (TPSA) is 81.6 Å². The summed E-state index contributed by atoms with van der Waals surface area (Å²) < 4.78 is 0. The Labute approximate surface area is 144 Å². The normalized spacial score (nSPS) is 19.7. The van der Waals surface area contributed by atoms with Gasteiger partial charge in [-0.1, -0.05) is 20.8 Å². The summed E-state index contributed by atoms with van der Waals surface area (Å²) in [4.78, 5) is 24.8. The molecule has 0 spiro atoms. The smallest absolute Gasteiger partial charge is 0.243 e. The first-order chi connectivity index (χ1) is 11.3. The van der Waals surface area contributed by atoms with E-state index in [1.165, 1.54) is 0 Å². The lowest BCUT2D eigenvalue weighted by Gasteiger charge is -2.39. The molecule has 1 aromatic heterocycles. The number of aliphatic hydroxyl groups excluding tert-OH is 1. The molecule has 7 heteroatoms. The van der Waals surface area contributed by atoms with E-state index in [-0.39, 0.29) is 23.5 Å². The molecular formula is C17H29N5O2. The second-order valence-electron chi connectivity index (χ2n) is 7.46. The molecule has 2 atom stereocenters. The van der Waals surface area contributed by atoms with Crippen LogP contribution in [-0.2, 0) is 4.79 Å². The van der Waals surface area contributed by atoms with Crippen LogP contribution in [0.3, 0.4) is 0 Å². The van der Waals surface area contributed by atoms with Crippen LogP contribution in [0.4, 0.5) is 5.95 Å². The van der Waals surface area contributed by atoms with E-state index in [4.69, 9.17) is 0 Å². The second kappa shape index (κ2) is 8.00. The molecule has 1 amide bonds. The van der Waals surface area contributed by atoms with Crippen LogP contribution >= 0.6 is 0 Å². The van der Waals surface area contributed by atoms with E-state index < -0.39 is 0 Å². The molecule has 24 heavy (non-hydrogen) atoms. The van der Waals surface area contributed by atoms with Gasteiger partial charge in [0.05, 0.1) is 12.1 Å². The maximum Gasteiger partial charge on any atom is 0.243 e. The van der Waals surface area contributed by atoms with Gasteiger partial charge in [0.2, 0.25) is 11.9 Å². The van der Waals surface area contributed by atoms with E-state index in [9.17, 15) is 9.90 Å². The molecule has 2 N–H and O–H groups in total. The minimum Gasteiger partial charge on any atom is -0.391 e. The van der Waals surface area contributed by atoms with Crippen LogP contribution in [0.15, 0.2) is 18.5 Å². The van der Waals surface area contributed by atoms with Crippen molar-refractivity contribution in [3.8, 4) is 0 Å². The molecule has 0 bridgehead atoms. The zero-order valence-corrected chi connectivity index (χ0v) is 15.1. The number of anilines is 1. The summed E-state index contributed by atoms with van der Waals surface area (Å²) in [6.07, 6.45) is 2.86. The summed E-state index contributed by atoms with van der Waals surface area (Å²) in [6, 6.07) is 1.48. The van der Waals surface area contributed by atoms with Gasteiger partial charge in [-0.05, 0) is 18.4 Å². The highest BCUT2D eigenvalue weighted by atomic mass is 16.3. The molecule has 0 saturated carbocycles. The lowest BCUT2D eigenvalue weighted by atomic mass is 9.89. The fraction of sp³-hybridized carbons (Fsp3) is 0.706. The average Bonchev–Trinajstić information content (AvgIpc) is 2.55. The number of nitrogens with zero attached hydrogens (tertiary/aromatic N) is 4. The Kier molecular flexibility index (Phi) is 6.26. The predicted molar refractivity (Wildman–Crippen MR) is 93.6 cm³/mol. The van der Waals surface area contributed by atoms with Crippen LogP contribution < -0.4 is 5.32 Å². The molecular weight excluding hydrogens is 306 g/mol. The molecule has 1 aromatic rings. The van der Waals surface area contributed by atoms with Crippen molar-refractivity contribution in [3.05, 3.63) is 18.5 Å². The minimum absolute atomic E-state index is 0.0932. The fourth-order valence-electron chi connectivity index (χ4n) is 2.60. The summed E-state index contributed by atoms with van der Waals surface area (Å²) >= 11 is 0. The summed E-state index contributed by atoms with van der Waals surface area (Å²) in [7, 11) is 0. The van der Waals surface area contributed by atoms with E-state index in [1.54, 1.807) is 18.5 Å². The fourth-order valence-corrected chi connectivity index (χ4v) is 2.60. The van der Waals surface area contributed by atoms with Crippen molar-refractivity contribution in [3.63, 3.8) is 0 Å². The monoisotopic (exact) mass is 335 g/mol. The van der Waals surface area contributed by atoms with Crippen LogP contribution in [-0.4, -0.2) is 75.7 Å². The standard InChI is InChI=1S/C17H29N5O2/c1-13(15(24)20-16-18-6-5-7-19-16)22-10-8-21(9-11-22)12-14(23)17(2,3)4/h5-7,13-14,23H,8-12H2,1-4H3,(H,18,19,20,24)/t13-,14+/m0/s1. The van der Waals surface area contributed by atoms with Gasteiger partial charge in [-0.3, -0.25) is 19.9 Å². The molecule has 134 valence electrons. The highest BCUT2D eigenvalue weighted by Crippen LogP contribution is 2.20. The lowest BCUT2D eigenvalue weighted by molar-refractivity contribution is -0.121. The number of carbonyl (C=O) groups is 1. The van der Waals surface area contributed by atoms with E-state index in [0.29, 0.717) is 12.5 Å². The van der Waals surface area contributed by atoms with Gasteiger partial charge in [0, 0.05) is 45.1 Å². The summed E-state index contributed by atoms with van der Waals surface area (Å²) in [5.41, 5.74) is -0.111. The van der Waals surface area contributed by atoms with Gasteiger partial charge in [0.25, 0.3) is 0 Å². The van der Waals surface area contributed by atoms with Crippen molar-refractivity contribution < 1.29 is 9.90 Å². The Bertz CT molecular complexity index is 524. The van der Waals surface area contributed by atoms with Crippen LogP contribution in [0.1, 0.15) is 27.7 Å². The Balaban J connectivity index is 1.80. The molecule has 1 fully saturated rings. The molecule has 2 heterocycles. The number of carbonyl (C=O) groups excluding carboxylic acids is 1. The number of hydrogen-bond acceptors (Lipinski definition) is 6. The first kappa shape index (κ1) is 18.8. The summed E-state index contributed by atoms with van der Waals surface area (Å²) in [5.74, 6) is 0.241. The van der Waals surface area contributed by atoms with Crippen LogP contribution in [0.25, 0.3) is 0 Å². The van der Waals surface area contributed by atoms with Crippen LogP contribution in [0.2, 0.25) is 0 Å². The van der Waals surface area contributed by atoms with Crippen molar-refractivity contribution in [2.45, 2.75) is 39.8 Å². The highest BCUT2D eigenvalue weighted by Gasteiger charge is 2.29. The molecule has 1 aliphatic heterocycles. The quantitative estimate of drug-likeness (QED) is 0.829. The zero-order valence-electron chi connectivity index (χ0n) is 15.1. The summed E-state index contributed by atoms with van der Waals surface area (Å²) in [6.45, 7) is 12.0. The van der Waals surface area contributed by atoms with Crippen LogP contribution in [0, 0.1) is 5.41 Å². The van der Waals surface area contributed by atoms with Gasteiger partial charge < -0.3 is 5.11 Å². The Morgan fingerprint density at radius 2 is 1.83 bits per heavy atom. The SMILES string of the molecule is C[C@@H](C(=O)Nc1ncccn1)N1CCN(C[C@@H](O)C(C)(C)C)CC1. The van der Waals surface area contributed by atoms with Crippen molar-refractivity contribution in [2.75, 3.05) is 38.0 Å². The van der Waals surface area contributed by atoms with E-state index in [0.717, 1.165) is 26.2 Å². The third kappa shape index (κ3) is 5.22. The van der Waals surface area contributed by atoms with Gasteiger partial charge in [0.1, 0.15) is 0 Å². The molecule has 0 radical (unpaired) electrons. The third-order valence-corrected chi connectivity index (χ3v) is 4.57. The highest BCUT2D eigenvalue weighted by molar-refractivity contribution is 5.93. The minimum atomic E-state index is -0.347. The Morgan fingerprint density at radius 3 is 2.38 bits per heavy atom. The lowest BCUT2D eigenvalue weighted by Crippen LogP contribution is -2.54. The number of rotatable bonds is 5. The van der Waals surface area contributed by atoms with Crippen molar-refractivity contribution in [2.24, 2.45) is 5.41 Å². The number of β-amino-alcohol motifs (C(OH)–C–C–N with tert-alkyl or cyclic N) is 1. The van der Waals surface area contributed by atoms with Gasteiger partial charge >= 0.3 is 0 Å². The number of piperazine rings is 1. The van der Waals surface area contributed by atoms with Crippen molar-refractivity contribution in [1.82, 2.24) is 19.8 Å². The molecule has 0 aromatic carbocycles. The maximum atomic E-state index is 12.3. The number of nitrogens with one attached hydrogen (secondary N) is 1. The molecule has 1 aliphatic rings. The van der Waals surface area contributed by atoms with Crippen LogP contribution in [0.5, 0.6) is 0 Å². The van der Waals surface area contributed by atoms with Gasteiger partial charge in [-0.25, -0.2) is 9.97 Å². The molecule has 0 unspecified atom stereocenters. The Hall–Kier alpha value is -1.57. The number of amides is 1. The van der Waals surface area contributed by atoms with Gasteiger partial charge in [-0.15, -0.1) is 0 Å². The van der Waals surface area contributed by atoms with Crippen molar-refractivity contribution in [1.29, 1.82) is 0 Å². The zero-order chi connectivity index (χ0) is 17.7. The van der Waals surface area contributed by atoms with Gasteiger partial charge in [0.15, 0.2) is 0 Å². The molecule has 0 aliphatic carbocycles. The first-order valence-corrected chi connectivity index (χ1v) is 8.49. The average molecular weight is 335 g/mol. The van der Waals surface area contributed by atoms with E-state index >= 15 is 0 Å². The predicted octanol–water partition coefficient (Wildman–Crippen LogP) is 0.828. The number of aliphatic hydroxyl groups is 1. The molecule has 7 nitrogen and oxygen atoms in total. The second-order valence-corrected chi connectivity index (χ2v) is 7.46. The summed E-state index contributed by atoms with van der Waals surface area (Å²) in [5, 5.41) is 13.0. The maximum absolute atomic E-state index is 12.3. The first-order valence-electron chi connectivity index (χ1n) is 8.49. The Morgan fingerprint density at radius 1 is 1.25 bits per heavy atom. The third-order valence-electron chi connectivity index (χ3n) is 4.57.